The molecule has 0 radical (unpaired) electrons. The maximum absolute atomic E-state index is 12.4. The van der Waals surface area contributed by atoms with Gasteiger partial charge in [0.25, 0.3) is 5.91 Å². The van der Waals surface area contributed by atoms with Crippen molar-refractivity contribution in [2.24, 2.45) is 5.73 Å². The van der Waals surface area contributed by atoms with E-state index in [-0.39, 0.29) is 11.5 Å². The SMILES string of the molecule is CC(=O)Nc1cc(-n2cc(C(N)=O)c(=O)c3ccccc32)ccc1C. The first-order valence-electron chi connectivity index (χ1n) is 7.71. The Balaban J connectivity index is 2.32. The zero-order valence-electron chi connectivity index (χ0n) is 13.9. The fourth-order valence-corrected chi connectivity index (χ4v) is 2.75. The van der Waals surface area contributed by atoms with E-state index in [0.717, 1.165) is 5.56 Å². The number of hydrogen-bond donors (Lipinski definition) is 2. The number of anilines is 1. The Morgan fingerprint density at radius 1 is 1.12 bits per heavy atom. The molecule has 6 heteroatoms. The summed E-state index contributed by atoms with van der Waals surface area (Å²) in [6.45, 7) is 3.32. The number of primary amides is 1. The lowest BCUT2D eigenvalue weighted by atomic mass is 10.1. The highest BCUT2D eigenvalue weighted by molar-refractivity contribution is 5.96. The Hall–Kier alpha value is -3.41. The van der Waals surface area contributed by atoms with E-state index in [1.165, 1.54) is 13.1 Å². The largest absolute Gasteiger partial charge is 0.365 e. The van der Waals surface area contributed by atoms with Crippen molar-refractivity contribution < 1.29 is 9.59 Å². The van der Waals surface area contributed by atoms with Crippen molar-refractivity contribution >= 4 is 28.4 Å². The van der Waals surface area contributed by atoms with Crippen LogP contribution in [-0.2, 0) is 4.79 Å². The molecule has 3 aromatic rings. The Bertz CT molecular complexity index is 1070. The highest BCUT2D eigenvalue weighted by Crippen LogP contribution is 2.23. The van der Waals surface area contributed by atoms with Gasteiger partial charge >= 0.3 is 0 Å². The third-order valence-electron chi connectivity index (χ3n) is 3.99. The minimum Gasteiger partial charge on any atom is -0.365 e. The summed E-state index contributed by atoms with van der Waals surface area (Å²) >= 11 is 0. The third kappa shape index (κ3) is 3.01. The Labute approximate surface area is 143 Å². The van der Waals surface area contributed by atoms with E-state index in [9.17, 15) is 14.4 Å². The van der Waals surface area contributed by atoms with Gasteiger partial charge in [0.15, 0.2) is 0 Å². The van der Waals surface area contributed by atoms with Crippen molar-refractivity contribution in [1.29, 1.82) is 0 Å². The van der Waals surface area contributed by atoms with E-state index in [2.05, 4.69) is 5.32 Å². The van der Waals surface area contributed by atoms with Crippen LogP contribution >= 0.6 is 0 Å². The molecule has 2 amide bonds. The molecule has 25 heavy (non-hydrogen) atoms. The molecule has 6 nitrogen and oxygen atoms in total. The minimum absolute atomic E-state index is 0.0830. The molecule has 0 spiro atoms. The molecule has 0 aliphatic carbocycles. The van der Waals surface area contributed by atoms with Crippen molar-refractivity contribution in [1.82, 2.24) is 4.57 Å². The number of aryl methyl sites for hydroxylation is 1. The van der Waals surface area contributed by atoms with Crippen LogP contribution in [0.5, 0.6) is 0 Å². The van der Waals surface area contributed by atoms with Gasteiger partial charge in [0.2, 0.25) is 11.3 Å². The lowest BCUT2D eigenvalue weighted by Gasteiger charge is -2.15. The van der Waals surface area contributed by atoms with Crippen molar-refractivity contribution in [3.05, 3.63) is 70.0 Å². The maximum atomic E-state index is 12.4. The van der Waals surface area contributed by atoms with Gasteiger partial charge in [0.05, 0.1) is 5.52 Å². The van der Waals surface area contributed by atoms with Crippen molar-refractivity contribution in [2.45, 2.75) is 13.8 Å². The lowest BCUT2D eigenvalue weighted by Crippen LogP contribution is -2.23. The maximum Gasteiger partial charge on any atom is 0.254 e. The first kappa shape index (κ1) is 16.4. The van der Waals surface area contributed by atoms with Crippen molar-refractivity contribution in [3.63, 3.8) is 0 Å². The number of nitrogens with two attached hydrogens (primary N) is 1. The smallest absolute Gasteiger partial charge is 0.254 e. The molecule has 2 aromatic carbocycles. The second-order valence-corrected chi connectivity index (χ2v) is 5.80. The van der Waals surface area contributed by atoms with E-state index in [1.54, 1.807) is 28.8 Å². The molecular weight excluding hydrogens is 318 g/mol. The number of hydrogen-bond acceptors (Lipinski definition) is 3. The van der Waals surface area contributed by atoms with Gasteiger partial charge in [-0.15, -0.1) is 0 Å². The van der Waals surface area contributed by atoms with Crippen LogP contribution < -0.4 is 16.5 Å². The van der Waals surface area contributed by atoms with E-state index in [0.29, 0.717) is 22.3 Å². The highest BCUT2D eigenvalue weighted by atomic mass is 16.2. The van der Waals surface area contributed by atoms with Crippen molar-refractivity contribution in [3.8, 4) is 5.69 Å². The fraction of sp³-hybridized carbons (Fsp3) is 0.105. The molecule has 0 atom stereocenters. The number of fused-ring (bicyclic) bond motifs is 1. The summed E-state index contributed by atoms with van der Waals surface area (Å²) in [6.07, 6.45) is 1.44. The molecule has 0 unspecified atom stereocenters. The number of carbonyl (C=O) groups is 2. The molecule has 1 aromatic heterocycles. The summed E-state index contributed by atoms with van der Waals surface area (Å²) in [5.74, 6) is -0.957. The van der Waals surface area contributed by atoms with Crippen LogP contribution in [0.1, 0.15) is 22.8 Å². The number of amides is 2. The van der Waals surface area contributed by atoms with E-state index < -0.39 is 11.3 Å². The number of nitrogens with zero attached hydrogens (tertiary/aromatic N) is 1. The van der Waals surface area contributed by atoms with Gasteiger partial charge in [-0.25, -0.2) is 0 Å². The first-order chi connectivity index (χ1) is 11.9. The average molecular weight is 335 g/mol. The van der Waals surface area contributed by atoms with Crippen molar-refractivity contribution in [2.75, 3.05) is 5.32 Å². The molecule has 0 aliphatic heterocycles. The summed E-state index contributed by atoms with van der Waals surface area (Å²) in [4.78, 5) is 35.5. The van der Waals surface area contributed by atoms with Gasteiger partial charge in [0, 0.05) is 29.9 Å². The summed E-state index contributed by atoms with van der Waals surface area (Å²) in [7, 11) is 0. The predicted molar refractivity (Wildman–Crippen MR) is 97.1 cm³/mol. The molecule has 0 saturated heterocycles. The van der Waals surface area contributed by atoms with Gasteiger partial charge in [-0.2, -0.15) is 0 Å². The van der Waals surface area contributed by atoms with Gasteiger partial charge < -0.3 is 15.6 Å². The number of nitrogens with one attached hydrogen (secondary N) is 1. The molecule has 0 saturated carbocycles. The molecule has 3 N–H and O–H groups in total. The summed E-state index contributed by atoms with van der Waals surface area (Å²) < 4.78 is 1.72. The number of aromatic nitrogens is 1. The average Bonchev–Trinajstić information content (AvgIpc) is 2.57. The highest BCUT2D eigenvalue weighted by Gasteiger charge is 2.14. The molecule has 0 aliphatic rings. The summed E-state index contributed by atoms with van der Waals surface area (Å²) in [5.41, 5.74) is 7.80. The number of para-hydroxylation sites is 1. The zero-order valence-corrected chi connectivity index (χ0v) is 13.9. The molecule has 0 bridgehead atoms. The van der Waals surface area contributed by atoms with Gasteiger partial charge in [-0.05, 0) is 36.8 Å². The first-order valence-corrected chi connectivity index (χ1v) is 7.71. The van der Waals surface area contributed by atoms with E-state index in [4.69, 9.17) is 5.73 Å². The third-order valence-corrected chi connectivity index (χ3v) is 3.99. The van der Waals surface area contributed by atoms with Crippen LogP contribution in [0.2, 0.25) is 0 Å². The second kappa shape index (κ2) is 6.24. The Morgan fingerprint density at radius 2 is 1.84 bits per heavy atom. The normalized spacial score (nSPS) is 10.6. The summed E-state index contributed by atoms with van der Waals surface area (Å²) in [6, 6.07) is 12.5. The van der Waals surface area contributed by atoms with Crippen LogP contribution in [-0.4, -0.2) is 16.4 Å². The Morgan fingerprint density at radius 3 is 2.52 bits per heavy atom. The second-order valence-electron chi connectivity index (χ2n) is 5.80. The number of carbonyl (C=O) groups excluding carboxylic acids is 2. The van der Waals surface area contributed by atoms with E-state index in [1.807, 2.05) is 25.1 Å². The number of benzene rings is 2. The monoisotopic (exact) mass is 335 g/mol. The quantitative estimate of drug-likeness (QED) is 0.769. The Kier molecular flexibility index (Phi) is 4.10. The minimum atomic E-state index is -0.779. The van der Waals surface area contributed by atoms with E-state index >= 15 is 0 Å². The van der Waals surface area contributed by atoms with Crippen LogP contribution in [0.25, 0.3) is 16.6 Å². The predicted octanol–water partition coefficient (Wildman–Crippen LogP) is 2.36. The topological polar surface area (TPSA) is 94.2 Å². The fourth-order valence-electron chi connectivity index (χ4n) is 2.75. The van der Waals surface area contributed by atoms with Crippen LogP contribution in [0, 0.1) is 6.92 Å². The molecule has 126 valence electrons. The zero-order chi connectivity index (χ0) is 18.1. The molecule has 1 heterocycles. The number of pyridine rings is 1. The van der Waals surface area contributed by atoms with Crippen LogP contribution in [0.4, 0.5) is 5.69 Å². The van der Waals surface area contributed by atoms with Gasteiger partial charge in [0.1, 0.15) is 5.56 Å². The molecule has 3 rings (SSSR count). The van der Waals surface area contributed by atoms with Crippen LogP contribution in [0.15, 0.2) is 53.5 Å². The number of rotatable bonds is 3. The lowest BCUT2D eigenvalue weighted by molar-refractivity contribution is -0.114. The standard InChI is InChI=1S/C19H17N3O3/c1-11-7-8-13(9-16(11)21-12(2)23)22-10-15(19(20)25)18(24)14-5-3-4-6-17(14)22/h3-10H,1-2H3,(H2,20,25)(H,21,23). The molecular formula is C19H17N3O3. The van der Waals surface area contributed by atoms with Crippen LogP contribution in [0.3, 0.4) is 0 Å². The summed E-state index contributed by atoms with van der Waals surface area (Å²) in [5, 5.41) is 3.18. The van der Waals surface area contributed by atoms with Gasteiger partial charge in [-0.1, -0.05) is 18.2 Å². The van der Waals surface area contributed by atoms with Gasteiger partial charge in [-0.3, -0.25) is 14.4 Å². The molecule has 0 fully saturated rings.